The SMILES string of the molecule is O=C(CNC(=O)c1cnn(-c2ccc(Cl)cc2)c1C(F)(F)F)Nc1ccc(Cl)cc1. The largest absolute Gasteiger partial charge is 0.434 e. The van der Waals surface area contributed by atoms with Crippen molar-refractivity contribution in [1.29, 1.82) is 0 Å². The van der Waals surface area contributed by atoms with Gasteiger partial charge in [-0.25, -0.2) is 4.68 Å². The minimum atomic E-state index is -4.87. The van der Waals surface area contributed by atoms with Crippen LogP contribution in [0.25, 0.3) is 5.69 Å². The first kappa shape index (κ1) is 21.7. The summed E-state index contributed by atoms with van der Waals surface area (Å²) in [7, 11) is 0. The van der Waals surface area contributed by atoms with Crippen LogP contribution in [-0.2, 0) is 11.0 Å². The van der Waals surface area contributed by atoms with Gasteiger partial charge in [-0.2, -0.15) is 18.3 Å². The normalized spacial score (nSPS) is 11.2. The monoisotopic (exact) mass is 456 g/mol. The lowest BCUT2D eigenvalue weighted by atomic mass is 10.2. The number of nitrogens with zero attached hydrogens (tertiary/aromatic N) is 2. The second kappa shape index (κ2) is 8.76. The van der Waals surface area contributed by atoms with E-state index in [-0.39, 0.29) is 5.69 Å². The zero-order valence-corrected chi connectivity index (χ0v) is 16.5. The van der Waals surface area contributed by atoms with Gasteiger partial charge in [-0.05, 0) is 48.5 Å². The molecule has 2 amide bonds. The van der Waals surface area contributed by atoms with Crippen LogP contribution >= 0.6 is 23.2 Å². The van der Waals surface area contributed by atoms with Crippen molar-refractivity contribution < 1.29 is 22.8 Å². The number of carbonyl (C=O) groups excluding carboxylic acids is 2. The summed E-state index contributed by atoms with van der Waals surface area (Å²) in [5.74, 6) is -1.71. The van der Waals surface area contributed by atoms with Crippen LogP contribution in [0.2, 0.25) is 10.0 Å². The Kier molecular flexibility index (Phi) is 6.33. The molecule has 0 aliphatic rings. The Labute approximate surface area is 178 Å². The molecule has 1 aromatic heterocycles. The Morgan fingerprint density at radius 2 is 1.53 bits per heavy atom. The maximum atomic E-state index is 13.6. The highest BCUT2D eigenvalue weighted by molar-refractivity contribution is 6.30. The second-order valence-corrected chi connectivity index (χ2v) is 6.90. The Morgan fingerprint density at radius 3 is 2.10 bits per heavy atom. The molecular formula is C19H13Cl2F3N4O2. The topological polar surface area (TPSA) is 76.0 Å². The van der Waals surface area contributed by atoms with Gasteiger partial charge in [0, 0.05) is 15.7 Å². The average Bonchev–Trinajstić information content (AvgIpc) is 3.14. The fraction of sp³-hybridized carbons (Fsp3) is 0.105. The molecule has 0 radical (unpaired) electrons. The summed E-state index contributed by atoms with van der Waals surface area (Å²) in [6.07, 6.45) is -4.07. The highest BCUT2D eigenvalue weighted by atomic mass is 35.5. The van der Waals surface area contributed by atoms with E-state index in [0.717, 1.165) is 6.20 Å². The molecule has 11 heteroatoms. The predicted molar refractivity (Wildman–Crippen MR) is 106 cm³/mol. The van der Waals surface area contributed by atoms with Crippen LogP contribution in [0.3, 0.4) is 0 Å². The average molecular weight is 457 g/mol. The van der Waals surface area contributed by atoms with E-state index in [1.165, 1.54) is 24.3 Å². The minimum Gasteiger partial charge on any atom is -0.343 e. The Morgan fingerprint density at radius 1 is 0.967 bits per heavy atom. The predicted octanol–water partition coefficient (Wildman–Crippen LogP) is 4.57. The van der Waals surface area contributed by atoms with Crippen LogP contribution in [0.1, 0.15) is 16.1 Å². The summed E-state index contributed by atoms with van der Waals surface area (Å²) >= 11 is 11.5. The molecule has 0 spiro atoms. The Bertz CT molecular complexity index is 1060. The van der Waals surface area contributed by atoms with Gasteiger partial charge in [-0.3, -0.25) is 9.59 Å². The van der Waals surface area contributed by atoms with E-state index < -0.39 is 35.8 Å². The quantitative estimate of drug-likeness (QED) is 0.590. The van der Waals surface area contributed by atoms with Crippen molar-refractivity contribution >= 4 is 40.7 Å². The Hall–Kier alpha value is -3.04. The smallest absolute Gasteiger partial charge is 0.343 e. The molecule has 0 fully saturated rings. The standard InChI is InChI=1S/C19H13Cl2F3N4O2/c20-11-1-5-13(6-2-11)27-16(29)10-25-18(30)15-9-26-28(17(15)19(22,23)24)14-7-3-12(21)4-8-14/h1-9H,10H2,(H,25,30)(H,27,29). The van der Waals surface area contributed by atoms with Crippen molar-refractivity contribution in [3.05, 3.63) is 76.0 Å². The summed E-state index contributed by atoms with van der Waals surface area (Å²) in [6.45, 7) is -0.537. The number of hydrogen-bond donors (Lipinski definition) is 2. The van der Waals surface area contributed by atoms with Crippen LogP contribution in [0.4, 0.5) is 18.9 Å². The van der Waals surface area contributed by atoms with Gasteiger partial charge in [0.05, 0.1) is 24.0 Å². The maximum Gasteiger partial charge on any atom is 0.434 e. The first-order chi connectivity index (χ1) is 14.1. The van der Waals surface area contributed by atoms with Crippen LogP contribution in [0.15, 0.2) is 54.7 Å². The fourth-order valence-corrected chi connectivity index (χ4v) is 2.81. The van der Waals surface area contributed by atoms with Gasteiger partial charge in [-0.15, -0.1) is 0 Å². The second-order valence-electron chi connectivity index (χ2n) is 6.03. The molecule has 1 heterocycles. The van der Waals surface area contributed by atoms with Gasteiger partial charge >= 0.3 is 6.18 Å². The summed E-state index contributed by atoms with van der Waals surface area (Å²) in [5.41, 5.74) is -1.48. The first-order valence-electron chi connectivity index (χ1n) is 8.40. The summed E-state index contributed by atoms with van der Waals surface area (Å²) in [5, 5.41) is 9.15. The molecule has 2 aromatic carbocycles. The molecule has 0 aliphatic carbocycles. The molecule has 0 bridgehead atoms. The number of anilines is 1. The van der Waals surface area contributed by atoms with Gasteiger partial charge in [0.15, 0.2) is 5.69 Å². The highest BCUT2D eigenvalue weighted by Gasteiger charge is 2.40. The van der Waals surface area contributed by atoms with Crippen LogP contribution in [0, 0.1) is 0 Å². The lowest BCUT2D eigenvalue weighted by Gasteiger charge is -2.13. The lowest BCUT2D eigenvalue weighted by molar-refractivity contribution is -0.143. The number of benzene rings is 2. The fourth-order valence-electron chi connectivity index (χ4n) is 2.56. The zero-order chi connectivity index (χ0) is 21.9. The molecular weight excluding hydrogens is 444 g/mol. The first-order valence-corrected chi connectivity index (χ1v) is 9.15. The van der Waals surface area contributed by atoms with Gasteiger partial charge in [-0.1, -0.05) is 23.2 Å². The number of carbonyl (C=O) groups is 2. The molecule has 6 nitrogen and oxygen atoms in total. The van der Waals surface area contributed by atoms with Gasteiger partial charge in [0.1, 0.15) is 0 Å². The third-order valence-electron chi connectivity index (χ3n) is 3.89. The van der Waals surface area contributed by atoms with Crippen LogP contribution in [0.5, 0.6) is 0 Å². The number of aromatic nitrogens is 2. The van der Waals surface area contributed by atoms with Crippen molar-refractivity contribution in [2.75, 3.05) is 11.9 Å². The molecule has 3 aromatic rings. The molecule has 0 atom stereocenters. The molecule has 0 unspecified atom stereocenters. The molecule has 0 aliphatic heterocycles. The molecule has 156 valence electrons. The van der Waals surface area contributed by atoms with Crippen molar-refractivity contribution in [1.82, 2.24) is 15.1 Å². The van der Waals surface area contributed by atoms with Gasteiger partial charge < -0.3 is 10.6 Å². The summed E-state index contributed by atoms with van der Waals surface area (Å²) in [4.78, 5) is 24.3. The van der Waals surface area contributed by atoms with E-state index in [4.69, 9.17) is 23.2 Å². The molecule has 0 saturated carbocycles. The van der Waals surface area contributed by atoms with E-state index in [1.807, 2.05) is 0 Å². The number of nitrogens with one attached hydrogen (secondary N) is 2. The van der Waals surface area contributed by atoms with Crippen molar-refractivity contribution in [2.24, 2.45) is 0 Å². The highest BCUT2D eigenvalue weighted by Crippen LogP contribution is 2.33. The molecule has 0 saturated heterocycles. The van der Waals surface area contributed by atoms with E-state index in [2.05, 4.69) is 15.7 Å². The number of hydrogen-bond acceptors (Lipinski definition) is 3. The lowest BCUT2D eigenvalue weighted by Crippen LogP contribution is -2.34. The number of rotatable bonds is 5. The Balaban J connectivity index is 1.76. The molecule has 30 heavy (non-hydrogen) atoms. The van der Waals surface area contributed by atoms with Gasteiger partial charge in [0.25, 0.3) is 5.91 Å². The van der Waals surface area contributed by atoms with Crippen molar-refractivity contribution in [3.8, 4) is 5.69 Å². The zero-order valence-electron chi connectivity index (χ0n) is 15.0. The summed E-state index contributed by atoms with van der Waals surface area (Å²) < 4.78 is 41.5. The maximum absolute atomic E-state index is 13.6. The van der Waals surface area contributed by atoms with Gasteiger partial charge in [0.2, 0.25) is 5.91 Å². The third-order valence-corrected chi connectivity index (χ3v) is 4.39. The van der Waals surface area contributed by atoms with Crippen LogP contribution < -0.4 is 10.6 Å². The van der Waals surface area contributed by atoms with Crippen LogP contribution in [-0.4, -0.2) is 28.1 Å². The van der Waals surface area contributed by atoms with E-state index in [1.54, 1.807) is 24.3 Å². The third kappa shape index (κ3) is 5.11. The molecule has 3 rings (SSSR count). The van der Waals surface area contributed by atoms with E-state index >= 15 is 0 Å². The van der Waals surface area contributed by atoms with Crippen molar-refractivity contribution in [2.45, 2.75) is 6.18 Å². The summed E-state index contributed by atoms with van der Waals surface area (Å²) in [6, 6.07) is 11.7. The van der Waals surface area contributed by atoms with E-state index in [9.17, 15) is 22.8 Å². The van der Waals surface area contributed by atoms with Crippen molar-refractivity contribution in [3.63, 3.8) is 0 Å². The number of amides is 2. The number of halogens is 5. The van der Waals surface area contributed by atoms with E-state index in [0.29, 0.717) is 20.4 Å². The minimum absolute atomic E-state index is 0.0752. The molecule has 2 N–H and O–H groups in total. The number of alkyl halides is 3.